The Morgan fingerprint density at radius 3 is 2.36 bits per heavy atom. The van der Waals surface area contributed by atoms with Crippen molar-refractivity contribution < 1.29 is 13.2 Å². The maximum Gasteiger partial charge on any atom is 0.270 e. The minimum Gasteiger partial charge on any atom is -0.343 e. The molecule has 1 saturated heterocycles. The van der Waals surface area contributed by atoms with Crippen LogP contribution in [0.1, 0.15) is 17.4 Å². The summed E-state index contributed by atoms with van der Waals surface area (Å²) in [7, 11) is -3.50. The van der Waals surface area contributed by atoms with Crippen molar-refractivity contribution in [3.63, 3.8) is 0 Å². The summed E-state index contributed by atoms with van der Waals surface area (Å²) in [6, 6.07) is 10.2. The monoisotopic (exact) mass is 425 g/mol. The Balaban J connectivity index is 1.70. The predicted octanol–water partition coefficient (Wildman–Crippen LogP) is 2.42. The first-order chi connectivity index (χ1) is 11.9. The lowest BCUT2D eigenvalue weighted by atomic mass is 10.3. The van der Waals surface area contributed by atoms with Gasteiger partial charge in [0.2, 0.25) is 10.0 Å². The van der Waals surface area contributed by atoms with Gasteiger partial charge in [0.1, 0.15) is 5.69 Å². The van der Waals surface area contributed by atoms with Crippen LogP contribution in [0.15, 0.2) is 52.0 Å². The number of carbonyl (C=O) groups excluding carboxylic acids is 1. The van der Waals surface area contributed by atoms with E-state index in [1.807, 2.05) is 17.7 Å². The zero-order chi connectivity index (χ0) is 18.0. The molecule has 0 atom stereocenters. The molecule has 1 aliphatic heterocycles. The number of piperazine rings is 1. The van der Waals surface area contributed by atoms with E-state index >= 15 is 0 Å². The fourth-order valence-electron chi connectivity index (χ4n) is 2.95. The molecule has 134 valence electrons. The molecule has 1 amide bonds. The number of sulfonamides is 1. The summed E-state index contributed by atoms with van der Waals surface area (Å²) in [5.74, 6) is -0.0655. The number of rotatable bonds is 4. The molecule has 0 bridgehead atoms. The van der Waals surface area contributed by atoms with Gasteiger partial charge in [0.15, 0.2) is 0 Å². The summed E-state index contributed by atoms with van der Waals surface area (Å²) in [6.45, 7) is 4.06. The fourth-order valence-corrected chi connectivity index (χ4v) is 4.86. The molecule has 3 rings (SSSR count). The second-order valence-corrected chi connectivity index (χ2v) is 8.69. The highest BCUT2D eigenvalue weighted by Gasteiger charge is 2.31. The maximum absolute atomic E-state index is 12.7. The molecule has 1 aromatic carbocycles. The second-order valence-electron chi connectivity index (χ2n) is 5.84. The van der Waals surface area contributed by atoms with Crippen molar-refractivity contribution >= 4 is 31.9 Å². The lowest BCUT2D eigenvalue weighted by molar-refractivity contribution is 0.0687. The Morgan fingerprint density at radius 1 is 1.12 bits per heavy atom. The number of nitrogens with zero attached hydrogens (tertiary/aromatic N) is 3. The molecule has 1 aliphatic rings. The molecule has 2 heterocycles. The molecular formula is C17H20BrN3O3S. The Kier molecular flexibility index (Phi) is 5.31. The van der Waals surface area contributed by atoms with Gasteiger partial charge in [-0.05, 0) is 41.1 Å². The van der Waals surface area contributed by atoms with Gasteiger partial charge in [0.05, 0.1) is 4.90 Å². The average molecular weight is 426 g/mol. The molecular weight excluding hydrogens is 406 g/mol. The van der Waals surface area contributed by atoms with E-state index in [1.54, 1.807) is 41.3 Å². The van der Waals surface area contributed by atoms with Crippen LogP contribution >= 0.6 is 15.9 Å². The van der Waals surface area contributed by atoms with Crippen LogP contribution in [0.5, 0.6) is 0 Å². The largest absolute Gasteiger partial charge is 0.343 e. The number of carbonyl (C=O) groups is 1. The van der Waals surface area contributed by atoms with Crippen molar-refractivity contribution in [3.8, 4) is 0 Å². The third-order valence-corrected chi connectivity index (χ3v) is 6.68. The summed E-state index contributed by atoms with van der Waals surface area (Å²) >= 11 is 3.40. The van der Waals surface area contributed by atoms with Crippen LogP contribution in [0.25, 0.3) is 0 Å². The molecule has 6 nitrogen and oxygen atoms in total. The van der Waals surface area contributed by atoms with E-state index in [0.717, 1.165) is 4.47 Å². The van der Waals surface area contributed by atoms with E-state index in [9.17, 15) is 13.2 Å². The summed E-state index contributed by atoms with van der Waals surface area (Å²) in [6.07, 6.45) is 1.88. The number of hydrogen-bond donors (Lipinski definition) is 0. The van der Waals surface area contributed by atoms with Crippen LogP contribution in [0.2, 0.25) is 0 Å². The Hall–Kier alpha value is -1.64. The van der Waals surface area contributed by atoms with Gasteiger partial charge in [-0.1, -0.05) is 18.2 Å². The topological polar surface area (TPSA) is 62.6 Å². The lowest BCUT2D eigenvalue weighted by Gasteiger charge is -2.34. The lowest BCUT2D eigenvalue weighted by Crippen LogP contribution is -2.50. The van der Waals surface area contributed by atoms with Crippen molar-refractivity contribution in [2.45, 2.75) is 18.4 Å². The van der Waals surface area contributed by atoms with E-state index < -0.39 is 10.0 Å². The first-order valence-corrected chi connectivity index (χ1v) is 10.4. The summed E-state index contributed by atoms with van der Waals surface area (Å²) in [5.41, 5.74) is 0.619. The van der Waals surface area contributed by atoms with E-state index in [0.29, 0.717) is 43.3 Å². The molecule has 0 saturated carbocycles. The van der Waals surface area contributed by atoms with Crippen molar-refractivity contribution in [2.75, 3.05) is 26.2 Å². The third-order valence-electron chi connectivity index (χ3n) is 4.33. The molecule has 0 N–H and O–H groups in total. The summed E-state index contributed by atoms with van der Waals surface area (Å²) < 4.78 is 29.5. The second kappa shape index (κ2) is 7.31. The first-order valence-electron chi connectivity index (χ1n) is 8.13. The highest BCUT2D eigenvalue weighted by molar-refractivity contribution is 9.10. The smallest absolute Gasteiger partial charge is 0.270 e. The van der Waals surface area contributed by atoms with Crippen LogP contribution in [-0.4, -0.2) is 54.3 Å². The molecule has 0 aliphatic carbocycles. The van der Waals surface area contributed by atoms with Gasteiger partial charge in [-0.3, -0.25) is 4.79 Å². The van der Waals surface area contributed by atoms with Crippen LogP contribution in [0.3, 0.4) is 0 Å². The molecule has 8 heteroatoms. The number of benzene rings is 1. The quantitative estimate of drug-likeness (QED) is 0.755. The van der Waals surface area contributed by atoms with Gasteiger partial charge < -0.3 is 9.47 Å². The maximum atomic E-state index is 12.7. The van der Waals surface area contributed by atoms with Crippen LogP contribution in [-0.2, 0) is 16.6 Å². The Morgan fingerprint density at radius 2 is 1.76 bits per heavy atom. The van der Waals surface area contributed by atoms with Crippen molar-refractivity contribution in [1.29, 1.82) is 0 Å². The third kappa shape index (κ3) is 3.65. The van der Waals surface area contributed by atoms with Gasteiger partial charge in [-0.25, -0.2) is 8.42 Å². The normalized spacial score (nSPS) is 16.2. The van der Waals surface area contributed by atoms with E-state index in [2.05, 4.69) is 15.9 Å². The van der Waals surface area contributed by atoms with E-state index in [1.165, 1.54) is 4.31 Å². The Labute approximate surface area is 156 Å². The SMILES string of the molecule is CCn1cc(Br)cc1C(=O)N1CCN(S(=O)(=O)c2ccccc2)CC1. The minimum absolute atomic E-state index is 0.0655. The van der Waals surface area contributed by atoms with Crippen molar-refractivity contribution in [2.24, 2.45) is 0 Å². The number of aromatic nitrogens is 1. The van der Waals surface area contributed by atoms with E-state index in [-0.39, 0.29) is 5.91 Å². The first kappa shape index (κ1) is 18.2. The van der Waals surface area contributed by atoms with Crippen LogP contribution in [0, 0.1) is 0 Å². The number of aryl methyl sites for hydroxylation is 1. The minimum atomic E-state index is -3.50. The highest BCUT2D eigenvalue weighted by Crippen LogP contribution is 2.20. The number of hydrogen-bond acceptors (Lipinski definition) is 3. The standard InChI is InChI=1S/C17H20BrN3O3S/c1-2-19-13-14(18)12-16(19)17(22)20-8-10-21(11-9-20)25(23,24)15-6-4-3-5-7-15/h3-7,12-13H,2,8-11H2,1H3. The molecule has 1 fully saturated rings. The predicted molar refractivity (Wildman–Crippen MR) is 98.9 cm³/mol. The Bertz CT molecular complexity index is 857. The summed E-state index contributed by atoms with van der Waals surface area (Å²) in [5, 5.41) is 0. The van der Waals surface area contributed by atoms with Gasteiger partial charge >= 0.3 is 0 Å². The van der Waals surface area contributed by atoms with Gasteiger partial charge in [-0.2, -0.15) is 4.31 Å². The van der Waals surface area contributed by atoms with Gasteiger partial charge in [-0.15, -0.1) is 0 Å². The molecule has 2 aromatic rings. The van der Waals surface area contributed by atoms with Crippen molar-refractivity contribution in [3.05, 3.63) is 52.8 Å². The number of halogens is 1. The van der Waals surface area contributed by atoms with E-state index in [4.69, 9.17) is 0 Å². The molecule has 0 unspecified atom stereocenters. The molecule has 0 spiro atoms. The molecule has 25 heavy (non-hydrogen) atoms. The molecule has 1 aromatic heterocycles. The zero-order valence-electron chi connectivity index (χ0n) is 13.9. The van der Waals surface area contributed by atoms with Crippen LogP contribution < -0.4 is 0 Å². The summed E-state index contributed by atoms with van der Waals surface area (Å²) in [4.78, 5) is 14.7. The highest BCUT2D eigenvalue weighted by atomic mass is 79.9. The average Bonchev–Trinajstić information content (AvgIpc) is 3.03. The fraction of sp³-hybridized carbons (Fsp3) is 0.353. The number of amides is 1. The van der Waals surface area contributed by atoms with Gasteiger partial charge in [0.25, 0.3) is 5.91 Å². The van der Waals surface area contributed by atoms with Gasteiger partial charge in [0, 0.05) is 43.4 Å². The van der Waals surface area contributed by atoms with Crippen molar-refractivity contribution in [1.82, 2.24) is 13.8 Å². The molecule has 0 radical (unpaired) electrons. The van der Waals surface area contributed by atoms with Crippen LogP contribution in [0.4, 0.5) is 0 Å². The zero-order valence-corrected chi connectivity index (χ0v) is 16.3.